The first kappa shape index (κ1) is 29.8. The van der Waals surface area contributed by atoms with Crippen LogP contribution in [-0.2, 0) is 38.0 Å². The van der Waals surface area contributed by atoms with Crippen LogP contribution in [0.25, 0.3) is 5.57 Å². The lowest BCUT2D eigenvalue weighted by Crippen LogP contribution is -2.62. The van der Waals surface area contributed by atoms with Crippen LogP contribution in [0, 0.1) is 11.8 Å². The summed E-state index contributed by atoms with van der Waals surface area (Å²) in [5, 5.41) is 62.5. The number of rotatable bonds is 6. The fourth-order valence-electron chi connectivity index (χ4n) is 6.72. The summed E-state index contributed by atoms with van der Waals surface area (Å²) in [5.41, 5.74) is -1.14. The Kier molecular flexibility index (Phi) is 7.42. The van der Waals surface area contributed by atoms with Gasteiger partial charge < -0.3 is 63.8 Å². The normalized spacial score (nSPS) is 42.4. The molecule has 4 aliphatic heterocycles. The summed E-state index contributed by atoms with van der Waals surface area (Å²) in [6.45, 7) is 0.879. The number of phenolic OH excluding ortho intramolecular Hbond substituents is 1. The SMILES string of the molecule is COC(=O)C1=CO[C@@H](O[C@@H]2O[C@@H](CO)[C@H](O)[C@@H](O)[C@@H]2O)[C@@H]2[C@@H]1[C@@H]1O[C@@H]1[C@]21OC(=O)/C(=C(\C)c2ccc(O)c(OC)c2)[C@H]1O. The molecule has 4 heterocycles. The third kappa shape index (κ3) is 4.34. The molecule has 234 valence electrons. The molecule has 0 radical (unpaired) electrons. The number of allylic oxidation sites excluding steroid dienone is 1. The highest BCUT2D eigenvalue weighted by Gasteiger charge is 2.81. The van der Waals surface area contributed by atoms with E-state index in [0.717, 1.165) is 6.26 Å². The van der Waals surface area contributed by atoms with E-state index < -0.39 is 91.3 Å². The minimum atomic E-state index is -1.84. The van der Waals surface area contributed by atoms with Crippen LogP contribution in [0.4, 0.5) is 0 Å². The van der Waals surface area contributed by atoms with Crippen molar-refractivity contribution < 1.29 is 73.4 Å². The van der Waals surface area contributed by atoms with Crippen LogP contribution < -0.4 is 4.74 Å². The second kappa shape index (κ2) is 10.7. The maximum Gasteiger partial charge on any atom is 0.337 e. The lowest BCUT2D eigenvalue weighted by molar-refractivity contribution is -0.350. The van der Waals surface area contributed by atoms with Crippen LogP contribution in [0.3, 0.4) is 0 Å². The molecule has 1 spiro atoms. The number of esters is 2. The van der Waals surface area contributed by atoms with Crippen LogP contribution in [-0.4, -0.2) is 124 Å². The number of aliphatic hydroxyl groups excluding tert-OH is 5. The summed E-state index contributed by atoms with van der Waals surface area (Å²) in [6.07, 6.45) is -11.7. The van der Waals surface area contributed by atoms with Crippen LogP contribution in [0.15, 0.2) is 35.6 Å². The van der Waals surface area contributed by atoms with E-state index in [2.05, 4.69) is 0 Å². The smallest absolute Gasteiger partial charge is 0.337 e. The molecule has 5 aliphatic rings. The van der Waals surface area contributed by atoms with Gasteiger partial charge >= 0.3 is 11.9 Å². The minimum absolute atomic E-state index is 0.0335. The Morgan fingerprint density at radius 1 is 1.05 bits per heavy atom. The average Bonchev–Trinajstić information content (AvgIpc) is 3.69. The van der Waals surface area contributed by atoms with Crippen LogP contribution in [0.1, 0.15) is 12.5 Å². The predicted molar refractivity (Wildman–Crippen MR) is 138 cm³/mol. The molecule has 12 atom stereocenters. The average molecular weight is 609 g/mol. The Labute approximate surface area is 244 Å². The highest BCUT2D eigenvalue weighted by molar-refractivity contribution is 6.01. The summed E-state index contributed by atoms with van der Waals surface area (Å²) >= 11 is 0. The molecule has 4 fully saturated rings. The van der Waals surface area contributed by atoms with Gasteiger partial charge in [0.2, 0.25) is 6.29 Å². The van der Waals surface area contributed by atoms with Gasteiger partial charge in [0, 0.05) is 5.92 Å². The van der Waals surface area contributed by atoms with Crippen molar-refractivity contribution in [1.82, 2.24) is 0 Å². The molecule has 0 bridgehead atoms. The highest BCUT2D eigenvalue weighted by Crippen LogP contribution is 2.64. The molecule has 0 amide bonds. The number of hydrogen-bond acceptors (Lipinski definition) is 15. The molecular weight excluding hydrogens is 576 g/mol. The standard InChI is InChI=1S/C28H32O15/c1-9(10-4-5-12(30)13(6-10)37-2)15-22(34)28(43-25(15)36)17-16(21-23(28)41-21)11(24(35)38-3)8-39-26(17)42-27-20(33)19(32)18(31)14(7-29)40-27/h4-6,8,14,16-23,26-27,29-34H,7H2,1-3H3/b15-9+/t14-,16+,17-,18-,19+,20-,21-,22+,23-,26-,27-,28-/m0/s1. The van der Waals surface area contributed by atoms with Crippen molar-refractivity contribution in [2.45, 2.75) is 67.8 Å². The van der Waals surface area contributed by atoms with Gasteiger partial charge in [0.25, 0.3) is 0 Å². The number of carbonyl (C=O) groups is 2. The third-order valence-corrected chi connectivity index (χ3v) is 8.96. The molecule has 1 aliphatic carbocycles. The van der Waals surface area contributed by atoms with Gasteiger partial charge in [-0.2, -0.15) is 0 Å². The molecule has 43 heavy (non-hydrogen) atoms. The third-order valence-electron chi connectivity index (χ3n) is 8.96. The molecule has 3 saturated heterocycles. The van der Waals surface area contributed by atoms with Gasteiger partial charge in [-0.15, -0.1) is 0 Å². The molecule has 1 aromatic rings. The first-order chi connectivity index (χ1) is 20.5. The fourth-order valence-corrected chi connectivity index (χ4v) is 6.72. The number of hydrogen-bond donors (Lipinski definition) is 6. The van der Waals surface area contributed by atoms with Crippen molar-refractivity contribution in [3.05, 3.63) is 41.2 Å². The van der Waals surface area contributed by atoms with Crippen molar-refractivity contribution in [3.8, 4) is 11.5 Å². The van der Waals surface area contributed by atoms with Gasteiger partial charge in [-0.1, -0.05) is 6.07 Å². The Hall–Kier alpha value is -3.28. The van der Waals surface area contributed by atoms with Crippen LogP contribution >= 0.6 is 0 Å². The second-order valence-electron chi connectivity index (χ2n) is 11.0. The number of aliphatic hydroxyl groups is 5. The molecule has 6 rings (SSSR count). The number of aromatic hydroxyl groups is 1. The van der Waals surface area contributed by atoms with Gasteiger partial charge in [-0.05, 0) is 30.2 Å². The number of methoxy groups -OCH3 is 2. The van der Waals surface area contributed by atoms with E-state index in [1.807, 2.05) is 0 Å². The molecule has 1 aromatic carbocycles. The fraction of sp³-hybridized carbons (Fsp3) is 0.571. The van der Waals surface area contributed by atoms with E-state index in [0.29, 0.717) is 11.1 Å². The van der Waals surface area contributed by atoms with Crippen LogP contribution in [0.5, 0.6) is 11.5 Å². The van der Waals surface area contributed by atoms with Crippen molar-refractivity contribution in [1.29, 1.82) is 0 Å². The zero-order valence-electron chi connectivity index (χ0n) is 23.2. The second-order valence-corrected chi connectivity index (χ2v) is 11.0. The topological polar surface area (TPSA) is 223 Å². The Bertz CT molecular complexity index is 1370. The van der Waals surface area contributed by atoms with Crippen molar-refractivity contribution >= 4 is 17.5 Å². The number of carbonyl (C=O) groups excluding carboxylic acids is 2. The van der Waals surface area contributed by atoms with E-state index in [4.69, 9.17) is 33.2 Å². The molecule has 15 heteroatoms. The number of phenols is 1. The first-order valence-electron chi connectivity index (χ1n) is 13.5. The van der Waals surface area contributed by atoms with Crippen molar-refractivity contribution in [2.75, 3.05) is 20.8 Å². The Morgan fingerprint density at radius 3 is 2.47 bits per heavy atom. The lowest BCUT2D eigenvalue weighted by atomic mass is 9.75. The zero-order valence-corrected chi connectivity index (χ0v) is 23.2. The maximum absolute atomic E-state index is 13.5. The quantitative estimate of drug-likeness (QED) is 0.118. The summed E-state index contributed by atoms with van der Waals surface area (Å²) in [6, 6.07) is 4.40. The Morgan fingerprint density at radius 2 is 1.79 bits per heavy atom. The van der Waals surface area contributed by atoms with E-state index in [9.17, 15) is 40.2 Å². The highest BCUT2D eigenvalue weighted by atomic mass is 16.8. The Balaban J connectivity index is 1.40. The van der Waals surface area contributed by atoms with Crippen molar-refractivity contribution in [2.24, 2.45) is 11.8 Å². The number of ether oxygens (including phenoxy) is 7. The molecule has 6 N–H and O–H groups in total. The predicted octanol–water partition coefficient (Wildman–Crippen LogP) is -1.93. The zero-order chi connectivity index (χ0) is 31.0. The van der Waals surface area contributed by atoms with E-state index in [1.54, 1.807) is 6.92 Å². The first-order valence-corrected chi connectivity index (χ1v) is 13.5. The molecule has 0 aromatic heterocycles. The van der Waals surface area contributed by atoms with E-state index in [-0.39, 0.29) is 22.6 Å². The lowest BCUT2D eigenvalue weighted by Gasteiger charge is -2.45. The minimum Gasteiger partial charge on any atom is -0.504 e. The van der Waals surface area contributed by atoms with Crippen LogP contribution in [0.2, 0.25) is 0 Å². The summed E-state index contributed by atoms with van der Waals surface area (Å²) < 4.78 is 39.1. The van der Waals surface area contributed by atoms with Gasteiger partial charge in [0.15, 0.2) is 23.4 Å². The largest absolute Gasteiger partial charge is 0.504 e. The summed E-state index contributed by atoms with van der Waals surface area (Å²) in [4.78, 5) is 26.2. The summed E-state index contributed by atoms with van der Waals surface area (Å²) in [5.74, 6) is -3.60. The summed E-state index contributed by atoms with van der Waals surface area (Å²) in [7, 11) is 2.54. The molecule has 1 saturated carbocycles. The van der Waals surface area contributed by atoms with Gasteiger partial charge in [0.1, 0.15) is 36.6 Å². The van der Waals surface area contributed by atoms with E-state index >= 15 is 0 Å². The number of fused-ring (bicyclic) bond motifs is 5. The molecule has 0 unspecified atom stereocenters. The number of epoxide rings is 1. The van der Waals surface area contributed by atoms with Crippen molar-refractivity contribution in [3.63, 3.8) is 0 Å². The molecular formula is C28H32O15. The van der Waals surface area contributed by atoms with E-state index in [1.165, 1.54) is 32.4 Å². The number of benzene rings is 1. The monoisotopic (exact) mass is 608 g/mol. The van der Waals surface area contributed by atoms with Gasteiger partial charge in [-0.3, -0.25) is 0 Å². The van der Waals surface area contributed by atoms with Gasteiger partial charge in [-0.25, -0.2) is 9.59 Å². The maximum atomic E-state index is 13.5. The molecule has 15 nitrogen and oxygen atoms in total. The van der Waals surface area contributed by atoms with Gasteiger partial charge in [0.05, 0.1) is 50.3 Å².